The lowest BCUT2D eigenvalue weighted by molar-refractivity contribution is 0.363. The second-order valence-electron chi connectivity index (χ2n) is 4.67. The molecule has 2 rings (SSSR count). The molecule has 2 atom stereocenters. The van der Waals surface area contributed by atoms with E-state index in [9.17, 15) is 0 Å². The fraction of sp³-hybridized carbons (Fsp3) is 0.583. The van der Waals surface area contributed by atoms with Crippen molar-refractivity contribution >= 4 is 33.3 Å². The molecule has 0 radical (unpaired) electrons. The summed E-state index contributed by atoms with van der Waals surface area (Å²) in [6, 6.07) is 2.13. The predicted octanol–water partition coefficient (Wildman–Crippen LogP) is 3.06. The minimum atomic E-state index is 0.240. The topological polar surface area (TPSA) is 42.1 Å². The molecule has 0 spiro atoms. The maximum Gasteiger partial charge on any atom is 0.142 e. The number of hydrogen-bond donors (Lipinski definition) is 1. The number of halogens is 2. The molecule has 2 N–H and O–H groups in total. The first kappa shape index (κ1) is 13.1. The fourth-order valence-electron chi connectivity index (χ4n) is 2.27. The average molecular weight is 319 g/mol. The van der Waals surface area contributed by atoms with Crippen LogP contribution in [-0.2, 0) is 0 Å². The molecule has 5 heteroatoms. The highest BCUT2D eigenvalue weighted by atomic mass is 79.9. The summed E-state index contributed by atoms with van der Waals surface area (Å²) in [6.45, 7) is 4.10. The molecule has 2 heterocycles. The van der Waals surface area contributed by atoms with Gasteiger partial charge in [-0.2, -0.15) is 0 Å². The molecule has 1 aromatic rings. The summed E-state index contributed by atoms with van der Waals surface area (Å²) >= 11 is 9.42. The fourth-order valence-corrected chi connectivity index (χ4v) is 3.16. The molecule has 0 aromatic carbocycles. The van der Waals surface area contributed by atoms with Crippen molar-refractivity contribution in [1.29, 1.82) is 0 Å². The van der Waals surface area contributed by atoms with E-state index in [0.717, 1.165) is 23.4 Å². The number of anilines is 1. The third-order valence-corrected chi connectivity index (χ3v) is 4.08. The van der Waals surface area contributed by atoms with Crippen LogP contribution >= 0.6 is 27.5 Å². The number of nitrogens with zero attached hydrogens (tertiary/aromatic N) is 2. The number of rotatable bonds is 2. The molecule has 0 bridgehead atoms. The van der Waals surface area contributed by atoms with Gasteiger partial charge in [-0.1, -0.05) is 11.6 Å². The van der Waals surface area contributed by atoms with Gasteiger partial charge >= 0.3 is 0 Å². The number of hydrogen-bond acceptors (Lipinski definition) is 3. The Morgan fingerprint density at radius 2 is 2.41 bits per heavy atom. The number of nitrogens with two attached hydrogens (primary N) is 1. The van der Waals surface area contributed by atoms with Crippen molar-refractivity contribution in [2.75, 3.05) is 18.0 Å². The highest BCUT2D eigenvalue weighted by Gasteiger charge is 2.24. The van der Waals surface area contributed by atoms with Crippen LogP contribution in [0.2, 0.25) is 5.02 Å². The van der Waals surface area contributed by atoms with E-state index in [1.165, 1.54) is 12.8 Å². The molecule has 0 amide bonds. The summed E-state index contributed by atoms with van der Waals surface area (Å²) < 4.78 is 0.954. The summed E-state index contributed by atoms with van der Waals surface area (Å²) in [7, 11) is 0. The van der Waals surface area contributed by atoms with Gasteiger partial charge in [0, 0.05) is 25.3 Å². The smallest absolute Gasteiger partial charge is 0.142 e. The van der Waals surface area contributed by atoms with Gasteiger partial charge in [0.2, 0.25) is 0 Å². The Bertz CT molecular complexity index is 397. The number of piperidine rings is 1. The first-order valence-electron chi connectivity index (χ1n) is 5.89. The first-order valence-corrected chi connectivity index (χ1v) is 7.06. The molecule has 2 unspecified atom stereocenters. The highest BCUT2D eigenvalue weighted by molar-refractivity contribution is 9.10. The van der Waals surface area contributed by atoms with Crippen molar-refractivity contribution in [2.45, 2.75) is 25.8 Å². The molecular weight excluding hydrogens is 302 g/mol. The second-order valence-corrected chi connectivity index (χ2v) is 5.96. The molecule has 3 nitrogen and oxygen atoms in total. The summed E-state index contributed by atoms with van der Waals surface area (Å²) in [5, 5.41) is 0.654. The zero-order valence-electron chi connectivity index (χ0n) is 9.87. The lowest BCUT2D eigenvalue weighted by atomic mass is 9.92. The van der Waals surface area contributed by atoms with Crippen molar-refractivity contribution in [1.82, 2.24) is 4.98 Å². The molecule has 1 fully saturated rings. The monoisotopic (exact) mass is 317 g/mol. The quantitative estimate of drug-likeness (QED) is 0.911. The van der Waals surface area contributed by atoms with E-state index in [0.29, 0.717) is 10.9 Å². The molecule has 1 saturated heterocycles. The van der Waals surface area contributed by atoms with Crippen LogP contribution < -0.4 is 10.6 Å². The van der Waals surface area contributed by atoms with Crippen molar-refractivity contribution in [3.05, 3.63) is 21.8 Å². The molecule has 1 aromatic heterocycles. The van der Waals surface area contributed by atoms with E-state index < -0.39 is 0 Å². The van der Waals surface area contributed by atoms with Crippen LogP contribution in [0.25, 0.3) is 0 Å². The Hall–Kier alpha value is -0.320. The zero-order valence-corrected chi connectivity index (χ0v) is 12.2. The standard InChI is InChI=1S/C12H17BrClN3/c1-8(15)9-3-2-4-17(7-9)12-11(13)5-10(14)6-16-12/h5-6,8-9H,2-4,7,15H2,1H3. The van der Waals surface area contributed by atoms with Gasteiger partial charge in [0.05, 0.1) is 9.50 Å². The molecule has 1 aliphatic heterocycles. The van der Waals surface area contributed by atoms with Crippen LogP contribution in [0.5, 0.6) is 0 Å². The minimum Gasteiger partial charge on any atom is -0.355 e. The summed E-state index contributed by atoms with van der Waals surface area (Å²) in [5.74, 6) is 1.52. The summed E-state index contributed by atoms with van der Waals surface area (Å²) in [6.07, 6.45) is 4.07. The van der Waals surface area contributed by atoms with Crippen LogP contribution in [0.3, 0.4) is 0 Å². The van der Waals surface area contributed by atoms with E-state index in [2.05, 4.69) is 32.7 Å². The Kier molecular flexibility index (Phi) is 4.28. The van der Waals surface area contributed by atoms with Gasteiger partial charge in [-0.3, -0.25) is 0 Å². The van der Waals surface area contributed by atoms with Crippen LogP contribution in [-0.4, -0.2) is 24.1 Å². The third-order valence-electron chi connectivity index (χ3n) is 3.29. The van der Waals surface area contributed by atoms with Gasteiger partial charge in [0.1, 0.15) is 5.82 Å². The van der Waals surface area contributed by atoms with E-state index >= 15 is 0 Å². The molecule has 17 heavy (non-hydrogen) atoms. The second kappa shape index (κ2) is 5.55. The van der Waals surface area contributed by atoms with Crippen molar-refractivity contribution in [2.24, 2.45) is 11.7 Å². The van der Waals surface area contributed by atoms with Gasteiger partial charge < -0.3 is 10.6 Å². The maximum atomic E-state index is 5.99. The summed E-state index contributed by atoms with van der Waals surface area (Å²) in [4.78, 5) is 6.69. The van der Waals surface area contributed by atoms with Gasteiger partial charge in [-0.05, 0) is 47.7 Å². The van der Waals surface area contributed by atoms with Crippen molar-refractivity contribution < 1.29 is 0 Å². The van der Waals surface area contributed by atoms with Crippen LogP contribution in [0.1, 0.15) is 19.8 Å². The van der Waals surface area contributed by atoms with Crippen molar-refractivity contribution in [3.63, 3.8) is 0 Å². The average Bonchev–Trinajstić information content (AvgIpc) is 2.29. The Morgan fingerprint density at radius 3 is 3.06 bits per heavy atom. The lowest BCUT2D eigenvalue weighted by Crippen LogP contribution is -2.42. The minimum absolute atomic E-state index is 0.240. The lowest BCUT2D eigenvalue weighted by Gasteiger charge is -2.35. The molecule has 0 saturated carbocycles. The first-order chi connectivity index (χ1) is 8.08. The van der Waals surface area contributed by atoms with E-state index in [1.54, 1.807) is 6.20 Å². The van der Waals surface area contributed by atoms with Crippen LogP contribution in [0, 0.1) is 5.92 Å². The Balaban J connectivity index is 2.16. The number of pyridine rings is 1. The SMILES string of the molecule is CC(N)C1CCCN(c2ncc(Cl)cc2Br)C1. The number of aromatic nitrogens is 1. The molecule has 0 aliphatic carbocycles. The Labute approximate surface area is 115 Å². The van der Waals surface area contributed by atoms with Gasteiger partial charge in [-0.25, -0.2) is 4.98 Å². The maximum absolute atomic E-state index is 5.99. The Morgan fingerprint density at radius 1 is 1.65 bits per heavy atom. The van der Waals surface area contributed by atoms with Crippen LogP contribution in [0.15, 0.2) is 16.7 Å². The van der Waals surface area contributed by atoms with E-state index in [1.807, 2.05) is 6.07 Å². The highest BCUT2D eigenvalue weighted by Crippen LogP contribution is 2.30. The largest absolute Gasteiger partial charge is 0.355 e. The van der Waals surface area contributed by atoms with Gasteiger partial charge in [0.15, 0.2) is 0 Å². The normalized spacial score (nSPS) is 22.6. The van der Waals surface area contributed by atoms with Crippen LogP contribution in [0.4, 0.5) is 5.82 Å². The van der Waals surface area contributed by atoms with Crippen molar-refractivity contribution in [3.8, 4) is 0 Å². The third kappa shape index (κ3) is 3.12. The van der Waals surface area contributed by atoms with Gasteiger partial charge in [-0.15, -0.1) is 0 Å². The zero-order chi connectivity index (χ0) is 12.4. The summed E-state index contributed by atoms with van der Waals surface area (Å²) in [5.41, 5.74) is 5.99. The van der Waals surface area contributed by atoms with Gasteiger partial charge in [0.25, 0.3) is 0 Å². The molecular formula is C12H17BrClN3. The predicted molar refractivity (Wildman–Crippen MR) is 75.5 cm³/mol. The van der Waals surface area contributed by atoms with E-state index in [4.69, 9.17) is 17.3 Å². The molecule has 94 valence electrons. The van der Waals surface area contributed by atoms with E-state index in [-0.39, 0.29) is 6.04 Å². The molecule has 1 aliphatic rings.